The number of aromatic amines is 1. The van der Waals surface area contributed by atoms with Crippen LogP contribution >= 0.6 is 11.8 Å². The molecule has 2 aromatic carbocycles. The van der Waals surface area contributed by atoms with E-state index < -0.39 is 53.8 Å². The summed E-state index contributed by atoms with van der Waals surface area (Å²) in [5.74, 6) is -3.49. The van der Waals surface area contributed by atoms with Gasteiger partial charge in [-0.25, -0.2) is 14.6 Å². The highest BCUT2D eigenvalue weighted by atomic mass is 32.2. The van der Waals surface area contributed by atoms with Crippen LogP contribution in [-0.4, -0.2) is 78.6 Å². The van der Waals surface area contributed by atoms with Gasteiger partial charge in [0.25, 0.3) is 11.8 Å². The fraction of sp³-hybridized carbons (Fsp3) is 0.200. The Morgan fingerprint density at radius 3 is 2.58 bits per heavy atom. The van der Waals surface area contributed by atoms with Crippen LogP contribution in [0.3, 0.4) is 0 Å². The maximum absolute atomic E-state index is 13.4. The number of carboxylic acid groups (broad SMARTS) is 1. The molecule has 0 spiro atoms. The number of rotatable bonds is 8. The number of carboxylic acids is 1. The minimum absolute atomic E-state index is 0.0338. The van der Waals surface area contributed by atoms with E-state index in [1.165, 1.54) is 36.0 Å². The number of fused-ring (bicyclic) bond motifs is 2. The first kappa shape index (κ1) is 26.6. The number of aromatic hydroxyl groups is 1. The molecule has 14 nitrogen and oxygen atoms in total. The molecule has 7 N–H and O–H groups in total. The first-order chi connectivity index (χ1) is 19.1. The number of nitrogens with one attached hydrogen (secondary N) is 3. The molecule has 2 aliphatic rings. The Balaban J connectivity index is 1.36. The Morgan fingerprint density at radius 2 is 1.90 bits per heavy atom. The number of hydrogen-bond acceptors (Lipinski definition) is 9. The van der Waals surface area contributed by atoms with Crippen LogP contribution in [0.25, 0.3) is 11.0 Å². The van der Waals surface area contributed by atoms with E-state index in [4.69, 9.17) is 10.5 Å². The molecule has 2 aliphatic heterocycles. The van der Waals surface area contributed by atoms with Crippen molar-refractivity contribution in [3.05, 3.63) is 71.2 Å². The number of primary amides is 1. The van der Waals surface area contributed by atoms with Gasteiger partial charge in [-0.3, -0.25) is 19.3 Å². The summed E-state index contributed by atoms with van der Waals surface area (Å²) in [4.78, 5) is 70.6. The number of nitrogens with two attached hydrogens (primary N) is 1. The lowest BCUT2D eigenvalue weighted by atomic mass is 10.0. The highest BCUT2D eigenvalue weighted by Gasteiger charge is 2.54. The lowest BCUT2D eigenvalue weighted by Crippen LogP contribution is -2.71. The van der Waals surface area contributed by atoms with Gasteiger partial charge < -0.3 is 36.3 Å². The fourth-order valence-electron chi connectivity index (χ4n) is 4.42. The highest BCUT2D eigenvalue weighted by Crippen LogP contribution is 2.40. The molecular formula is C25H22N6O8S. The van der Waals surface area contributed by atoms with Gasteiger partial charge in [0, 0.05) is 11.3 Å². The molecule has 1 fully saturated rings. The number of amides is 4. The third kappa shape index (κ3) is 5.01. The van der Waals surface area contributed by atoms with Gasteiger partial charge in [0.15, 0.2) is 5.82 Å². The molecule has 2 unspecified atom stereocenters. The topological polar surface area (TPSA) is 217 Å². The van der Waals surface area contributed by atoms with E-state index in [1.54, 1.807) is 24.3 Å². The van der Waals surface area contributed by atoms with Crippen molar-refractivity contribution in [2.24, 2.45) is 5.73 Å². The molecule has 0 bridgehead atoms. The van der Waals surface area contributed by atoms with Gasteiger partial charge in [-0.2, -0.15) is 0 Å². The van der Waals surface area contributed by atoms with Crippen LogP contribution in [0.15, 0.2) is 59.8 Å². The summed E-state index contributed by atoms with van der Waals surface area (Å²) in [6.45, 7) is -0.395. The number of β-lactam (4-membered cyclic amide) rings is 1. The highest BCUT2D eigenvalue weighted by molar-refractivity contribution is 8.00. The molecule has 0 saturated carbocycles. The van der Waals surface area contributed by atoms with Crippen LogP contribution < -0.4 is 16.4 Å². The van der Waals surface area contributed by atoms with E-state index in [-0.39, 0.29) is 28.6 Å². The van der Waals surface area contributed by atoms with Crippen molar-refractivity contribution in [3.63, 3.8) is 0 Å². The third-order valence-electron chi connectivity index (χ3n) is 6.30. The van der Waals surface area contributed by atoms with Gasteiger partial charge in [-0.15, -0.1) is 11.8 Å². The molecule has 3 aromatic rings. The molecule has 0 aliphatic carbocycles. The second-order valence-corrected chi connectivity index (χ2v) is 9.97. The monoisotopic (exact) mass is 566 g/mol. The number of hydrogen-bond donors (Lipinski definition) is 6. The van der Waals surface area contributed by atoms with Crippen molar-refractivity contribution in [2.75, 3.05) is 12.4 Å². The second-order valence-electron chi connectivity index (χ2n) is 8.86. The first-order valence-electron chi connectivity index (χ1n) is 11.8. The number of thioether (sulfide) groups is 1. The van der Waals surface area contributed by atoms with Crippen molar-refractivity contribution in [1.82, 2.24) is 25.5 Å². The predicted molar refractivity (Wildman–Crippen MR) is 140 cm³/mol. The number of aliphatic carboxylic acids is 1. The molecule has 4 amide bonds. The Morgan fingerprint density at radius 1 is 1.18 bits per heavy atom. The van der Waals surface area contributed by atoms with Crippen LogP contribution in [0.5, 0.6) is 5.75 Å². The number of nitrogens with zero attached hydrogens (tertiary/aromatic N) is 2. The SMILES string of the molecule is NC(=O)OCC1=C(C(=O)O)N2C(=O)C(NC(=O)C(NC(=O)c3nc4ccccc4[nH]3)c3ccc(O)cc3)[C@@H]2SC1. The quantitative estimate of drug-likeness (QED) is 0.208. The van der Waals surface area contributed by atoms with Gasteiger partial charge in [-0.05, 0) is 29.8 Å². The first-order valence-corrected chi connectivity index (χ1v) is 12.9. The number of benzene rings is 2. The lowest BCUT2D eigenvalue weighted by molar-refractivity contribution is -0.151. The maximum atomic E-state index is 13.4. The molecule has 206 valence electrons. The number of aromatic nitrogens is 2. The molecule has 5 rings (SSSR count). The summed E-state index contributed by atoms with van der Waals surface area (Å²) < 4.78 is 4.71. The Bertz CT molecular complexity index is 1540. The minimum atomic E-state index is -1.40. The van der Waals surface area contributed by atoms with E-state index in [9.17, 15) is 34.2 Å². The second kappa shape index (κ2) is 10.6. The summed E-state index contributed by atoms with van der Waals surface area (Å²) in [5, 5.41) is 23.9. The zero-order chi connectivity index (χ0) is 28.6. The number of phenolic OH excluding ortho intramolecular Hbond substituents is 1. The molecule has 0 radical (unpaired) electrons. The smallest absolute Gasteiger partial charge is 0.404 e. The maximum Gasteiger partial charge on any atom is 0.404 e. The number of ether oxygens (including phenoxy) is 1. The van der Waals surface area contributed by atoms with Crippen molar-refractivity contribution in [2.45, 2.75) is 17.5 Å². The van der Waals surface area contributed by atoms with E-state index in [1.807, 2.05) is 0 Å². The van der Waals surface area contributed by atoms with Crippen molar-refractivity contribution in [1.29, 1.82) is 0 Å². The third-order valence-corrected chi connectivity index (χ3v) is 7.64. The number of para-hydroxylation sites is 2. The molecule has 3 heterocycles. The predicted octanol–water partition coefficient (Wildman–Crippen LogP) is 0.574. The number of H-pyrrole nitrogens is 1. The van der Waals surface area contributed by atoms with Crippen LogP contribution in [0.4, 0.5) is 4.79 Å². The number of imidazole rings is 1. The Hall–Kier alpha value is -5.05. The van der Waals surface area contributed by atoms with Gasteiger partial charge in [-0.1, -0.05) is 24.3 Å². The van der Waals surface area contributed by atoms with E-state index in [0.717, 1.165) is 4.90 Å². The number of phenols is 1. The molecule has 40 heavy (non-hydrogen) atoms. The largest absolute Gasteiger partial charge is 0.508 e. The average Bonchev–Trinajstić information content (AvgIpc) is 3.37. The van der Waals surface area contributed by atoms with Crippen molar-refractivity contribution in [3.8, 4) is 5.75 Å². The molecular weight excluding hydrogens is 544 g/mol. The molecule has 3 atom stereocenters. The van der Waals surface area contributed by atoms with Crippen molar-refractivity contribution >= 4 is 52.6 Å². The van der Waals surface area contributed by atoms with Crippen LogP contribution in [0.1, 0.15) is 22.2 Å². The Labute approximate surface area is 229 Å². The van der Waals surface area contributed by atoms with E-state index in [2.05, 4.69) is 20.6 Å². The fourth-order valence-corrected chi connectivity index (χ4v) is 5.74. The normalized spacial score (nSPS) is 18.9. The summed E-state index contributed by atoms with van der Waals surface area (Å²) >= 11 is 1.17. The summed E-state index contributed by atoms with van der Waals surface area (Å²) in [6, 6.07) is 10.2. The van der Waals surface area contributed by atoms with Crippen LogP contribution in [0, 0.1) is 0 Å². The van der Waals surface area contributed by atoms with Gasteiger partial charge >= 0.3 is 12.1 Å². The zero-order valence-corrected chi connectivity index (χ0v) is 21.3. The van der Waals surface area contributed by atoms with E-state index >= 15 is 0 Å². The van der Waals surface area contributed by atoms with Crippen LogP contribution in [-0.2, 0) is 19.1 Å². The summed E-state index contributed by atoms with van der Waals surface area (Å²) in [6.07, 6.45) is -1.09. The zero-order valence-electron chi connectivity index (χ0n) is 20.5. The van der Waals surface area contributed by atoms with Gasteiger partial charge in [0.1, 0.15) is 35.5 Å². The summed E-state index contributed by atoms with van der Waals surface area (Å²) in [7, 11) is 0. The average molecular weight is 567 g/mol. The molecule has 1 aromatic heterocycles. The standard InChI is InChI=1S/C25H22N6O8S/c26-25(38)39-9-12-10-40-23-17(22(35)31(23)18(12)24(36)37)30-20(33)16(11-5-7-13(32)8-6-11)29-21(34)19-27-14-3-1-2-4-15(14)28-19/h1-8,16-17,23,32H,9-10H2,(H2,26,38)(H,27,28)(H,29,34)(H,30,33)(H,36,37)/t16?,17?,23-/m0/s1. The van der Waals surface area contributed by atoms with E-state index in [0.29, 0.717) is 16.6 Å². The van der Waals surface area contributed by atoms with Crippen molar-refractivity contribution < 1.29 is 38.9 Å². The summed E-state index contributed by atoms with van der Waals surface area (Å²) in [5.41, 5.74) is 6.31. The minimum Gasteiger partial charge on any atom is -0.508 e. The van der Waals surface area contributed by atoms with Gasteiger partial charge in [0.05, 0.1) is 11.0 Å². The van der Waals surface area contributed by atoms with Crippen LogP contribution in [0.2, 0.25) is 0 Å². The lowest BCUT2D eigenvalue weighted by Gasteiger charge is -2.49. The van der Waals surface area contributed by atoms with Gasteiger partial charge in [0.2, 0.25) is 5.91 Å². The molecule has 1 saturated heterocycles. The molecule has 15 heteroatoms. The number of carbonyl (C=O) groups excluding carboxylic acids is 4. The Kier molecular flexibility index (Phi) is 7.04. The number of carbonyl (C=O) groups is 5.